The van der Waals surface area contributed by atoms with Crippen LogP contribution < -0.4 is 5.56 Å². The Morgan fingerprint density at radius 2 is 1.71 bits per heavy atom. The molecule has 5 rings (SSSR count). The van der Waals surface area contributed by atoms with Crippen LogP contribution >= 0.6 is 0 Å². The van der Waals surface area contributed by atoms with E-state index in [1.807, 2.05) is 36.9 Å². The van der Waals surface area contributed by atoms with Gasteiger partial charge in [-0.3, -0.25) is 14.3 Å². The monoisotopic (exact) mass is 555 g/mol. The number of amides is 1. The summed E-state index contributed by atoms with van der Waals surface area (Å²) in [5.41, 5.74) is 5.95. The molecule has 2 aromatic carbocycles. The Balaban J connectivity index is 1.51. The Labute approximate surface area is 241 Å². The van der Waals surface area contributed by atoms with Crippen LogP contribution in [0.1, 0.15) is 88.7 Å². The Hall–Kier alpha value is -4.01. The molecule has 0 saturated carbocycles. The molecule has 216 valence electrons. The first-order valence-corrected chi connectivity index (χ1v) is 15.0. The molecule has 2 unspecified atom stereocenters. The zero-order valence-electron chi connectivity index (χ0n) is 24.6. The van der Waals surface area contributed by atoms with E-state index in [4.69, 9.17) is 0 Å². The normalized spacial score (nSPS) is 16.5. The lowest BCUT2D eigenvalue weighted by Gasteiger charge is -2.34. The summed E-state index contributed by atoms with van der Waals surface area (Å²) in [6, 6.07) is 16.1. The van der Waals surface area contributed by atoms with E-state index in [0.29, 0.717) is 31.8 Å². The highest BCUT2D eigenvalue weighted by Crippen LogP contribution is 2.33. The number of nitrogens with zero attached hydrogens (tertiary/aromatic N) is 6. The fraction of sp³-hybridized carbons (Fsp3) is 0.469. The number of benzene rings is 2. The average molecular weight is 556 g/mol. The van der Waals surface area contributed by atoms with Crippen LogP contribution in [0.3, 0.4) is 0 Å². The maximum absolute atomic E-state index is 14.1. The number of aromatic nitrogens is 6. The van der Waals surface area contributed by atoms with Crippen LogP contribution in [0.15, 0.2) is 53.3 Å². The Morgan fingerprint density at radius 1 is 0.976 bits per heavy atom. The van der Waals surface area contributed by atoms with Crippen molar-refractivity contribution in [2.45, 2.75) is 84.7 Å². The van der Waals surface area contributed by atoms with Crippen molar-refractivity contribution in [1.29, 1.82) is 0 Å². The molecule has 4 aromatic rings. The first-order valence-electron chi connectivity index (χ1n) is 15.0. The van der Waals surface area contributed by atoms with E-state index in [0.717, 1.165) is 65.6 Å². The number of likely N-dealkylation sites (N-methyl/N-ethyl adjacent to an activating group) is 1. The van der Waals surface area contributed by atoms with Crippen molar-refractivity contribution in [2.24, 2.45) is 0 Å². The second-order valence-electron chi connectivity index (χ2n) is 11.0. The molecule has 0 spiro atoms. The summed E-state index contributed by atoms with van der Waals surface area (Å²) in [4.78, 5) is 29.5. The van der Waals surface area contributed by atoms with Crippen LogP contribution in [0, 0.1) is 0 Å². The van der Waals surface area contributed by atoms with Gasteiger partial charge in [0.15, 0.2) is 0 Å². The lowest BCUT2D eigenvalue weighted by molar-refractivity contribution is -0.136. The fourth-order valence-electron chi connectivity index (χ4n) is 6.21. The molecule has 1 N–H and O–H groups in total. The molecule has 2 atom stereocenters. The number of carbonyl (C=O) groups is 1. The zero-order chi connectivity index (χ0) is 28.9. The third-order valence-corrected chi connectivity index (χ3v) is 8.43. The topological polar surface area (TPSA) is 102 Å². The molecule has 0 saturated heterocycles. The number of fused-ring (bicyclic) bond motifs is 1. The van der Waals surface area contributed by atoms with Crippen molar-refractivity contribution >= 4 is 5.91 Å². The molecular weight excluding hydrogens is 514 g/mol. The number of hydrogen-bond acceptors (Lipinski definition) is 5. The van der Waals surface area contributed by atoms with Crippen molar-refractivity contribution in [1.82, 2.24) is 34.9 Å². The van der Waals surface area contributed by atoms with Gasteiger partial charge in [0.1, 0.15) is 6.04 Å². The molecule has 9 nitrogen and oxygen atoms in total. The molecular formula is C32H41N7O2. The third-order valence-electron chi connectivity index (χ3n) is 8.43. The summed E-state index contributed by atoms with van der Waals surface area (Å²) in [6.07, 6.45) is 6.23. The third kappa shape index (κ3) is 5.62. The first-order chi connectivity index (χ1) is 20.0. The van der Waals surface area contributed by atoms with Gasteiger partial charge in [0, 0.05) is 42.4 Å². The SMILES string of the molecule is CCCCCc1c(Cc2ccc(-c3ccccc3-c3nn[nH]n3)cc2)c(=O)n2n1C(C)CCC2C(=O)N(CC)CC. The minimum Gasteiger partial charge on any atom is -0.341 e. The first kappa shape index (κ1) is 28.5. The molecule has 3 heterocycles. The summed E-state index contributed by atoms with van der Waals surface area (Å²) in [6.45, 7) is 9.67. The zero-order valence-corrected chi connectivity index (χ0v) is 24.6. The van der Waals surface area contributed by atoms with E-state index in [2.05, 4.69) is 69.5 Å². The maximum Gasteiger partial charge on any atom is 0.271 e. The Morgan fingerprint density at radius 3 is 2.37 bits per heavy atom. The number of tetrazole rings is 1. The second kappa shape index (κ2) is 12.7. The van der Waals surface area contributed by atoms with Crippen LogP contribution in [-0.4, -0.2) is 53.9 Å². The van der Waals surface area contributed by atoms with Gasteiger partial charge in [0.25, 0.3) is 5.56 Å². The van der Waals surface area contributed by atoms with E-state index < -0.39 is 6.04 Å². The number of unbranched alkanes of at least 4 members (excludes halogenated alkanes) is 2. The highest BCUT2D eigenvalue weighted by Gasteiger charge is 2.36. The predicted octanol–water partition coefficient (Wildman–Crippen LogP) is 5.58. The molecule has 0 radical (unpaired) electrons. The van der Waals surface area contributed by atoms with Gasteiger partial charge in [0.05, 0.1) is 0 Å². The van der Waals surface area contributed by atoms with Crippen LogP contribution in [0.25, 0.3) is 22.5 Å². The standard InChI is InChI=1S/C32H41N7O2/c1-5-8-9-14-28-27(31(40)39-29(20-15-22(4)38(28)39)32(41)37(6-2)7-3)21-23-16-18-24(19-17-23)25-12-10-11-13-26(25)30-33-35-36-34-30/h10-13,16-19,22,29H,5-9,14-15,20-21H2,1-4H3,(H,33,34,35,36). The van der Waals surface area contributed by atoms with E-state index >= 15 is 0 Å². The molecule has 2 aromatic heterocycles. The molecule has 1 aliphatic heterocycles. The maximum atomic E-state index is 14.1. The summed E-state index contributed by atoms with van der Waals surface area (Å²) in [7, 11) is 0. The molecule has 0 bridgehead atoms. The minimum absolute atomic E-state index is 0.0138. The lowest BCUT2D eigenvalue weighted by Crippen LogP contribution is -2.44. The minimum atomic E-state index is -0.443. The van der Waals surface area contributed by atoms with E-state index in [1.165, 1.54) is 0 Å². The molecule has 41 heavy (non-hydrogen) atoms. The summed E-state index contributed by atoms with van der Waals surface area (Å²) in [5, 5.41) is 14.6. The van der Waals surface area contributed by atoms with Gasteiger partial charge in [-0.15, -0.1) is 10.2 Å². The van der Waals surface area contributed by atoms with Gasteiger partial charge < -0.3 is 4.90 Å². The lowest BCUT2D eigenvalue weighted by atomic mass is 9.96. The number of H-pyrrole nitrogens is 1. The van der Waals surface area contributed by atoms with Gasteiger partial charge >= 0.3 is 0 Å². The van der Waals surface area contributed by atoms with Crippen LogP contribution in [-0.2, 0) is 17.6 Å². The van der Waals surface area contributed by atoms with E-state index in [1.54, 1.807) is 4.68 Å². The Kier molecular flexibility index (Phi) is 8.81. The van der Waals surface area contributed by atoms with Crippen molar-refractivity contribution < 1.29 is 4.79 Å². The van der Waals surface area contributed by atoms with Crippen molar-refractivity contribution in [3.05, 3.63) is 75.7 Å². The van der Waals surface area contributed by atoms with Crippen LogP contribution in [0.2, 0.25) is 0 Å². The number of carbonyl (C=O) groups excluding carboxylic acids is 1. The predicted molar refractivity (Wildman–Crippen MR) is 161 cm³/mol. The summed E-state index contributed by atoms with van der Waals surface area (Å²) in [5.74, 6) is 0.607. The average Bonchev–Trinajstić information content (AvgIpc) is 3.63. The van der Waals surface area contributed by atoms with Crippen LogP contribution in [0.4, 0.5) is 0 Å². The highest BCUT2D eigenvalue weighted by molar-refractivity contribution is 5.81. The number of aromatic amines is 1. The van der Waals surface area contributed by atoms with Crippen molar-refractivity contribution in [2.75, 3.05) is 13.1 Å². The molecule has 1 aliphatic rings. The molecule has 1 amide bonds. The van der Waals surface area contributed by atoms with Gasteiger partial charge in [-0.2, -0.15) is 5.21 Å². The second-order valence-corrected chi connectivity index (χ2v) is 11.0. The van der Waals surface area contributed by atoms with E-state index in [9.17, 15) is 9.59 Å². The van der Waals surface area contributed by atoms with E-state index in [-0.39, 0.29) is 17.5 Å². The van der Waals surface area contributed by atoms with Gasteiger partial charge in [-0.1, -0.05) is 68.3 Å². The number of hydrogen-bond donors (Lipinski definition) is 1. The van der Waals surface area contributed by atoms with Crippen molar-refractivity contribution in [3.63, 3.8) is 0 Å². The number of rotatable bonds is 11. The van der Waals surface area contributed by atoms with Gasteiger partial charge in [-0.25, -0.2) is 4.68 Å². The van der Waals surface area contributed by atoms with Gasteiger partial charge in [0.2, 0.25) is 11.7 Å². The molecule has 0 aliphatic carbocycles. The smallest absolute Gasteiger partial charge is 0.271 e. The van der Waals surface area contributed by atoms with Crippen LogP contribution in [0.5, 0.6) is 0 Å². The highest BCUT2D eigenvalue weighted by atomic mass is 16.2. The molecule has 0 fully saturated rings. The summed E-state index contributed by atoms with van der Waals surface area (Å²) < 4.78 is 3.99. The van der Waals surface area contributed by atoms with Gasteiger partial charge in [-0.05, 0) is 68.4 Å². The largest absolute Gasteiger partial charge is 0.341 e. The summed E-state index contributed by atoms with van der Waals surface area (Å²) >= 11 is 0. The van der Waals surface area contributed by atoms with Crippen molar-refractivity contribution in [3.8, 4) is 22.5 Å². The number of nitrogens with one attached hydrogen (secondary N) is 1. The Bertz CT molecular complexity index is 1510. The quantitative estimate of drug-likeness (QED) is 0.243. The molecule has 9 heteroatoms. The fourth-order valence-corrected chi connectivity index (χ4v) is 6.21.